The highest BCUT2D eigenvalue weighted by Gasteiger charge is 2.54. The molecule has 5 aromatic carbocycles. The molecule has 65 heavy (non-hydrogen) atoms. The summed E-state index contributed by atoms with van der Waals surface area (Å²) in [6.45, 7) is 6.25. The smallest absolute Gasteiger partial charge is 0.312 e. The molecule has 0 amide bonds. The van der Waals surface area contributed by atoms with Gasteiger partial charge in [0, 0.05) is 13.7 Å². The molecule has 5 aromatic rings. The number of ether oxygens (including phenoxy) is 10. The Morgan fingerprint density at radius 3 is 1.28 bits per heavy atom. The number of hydrogen-bond donors (Lipinski definition) is 0. The topological polar surface area (TPSA) is 102 Å². The molecular weight excluding hydrogens is 842 g/mol. The van der Waals surface area contributed by atoms with Crippen molar-refractivity contribution in [2.24, 2.45) is 0 Å². The largest absolute Gasteiger partial charge is 0.424 e. The number of hydrogen-bond acceptors (Lipinski definition) is 11. The SMILES string of the molecule is CCCO[C@@H]1C(O[C@H]2OC(COCc3ccccc3)[C@@H](OCc3ccccc3)[C@@H](OCc3ccccc3)C2OCc2ccccc2)[C@H](OC)OC(COCc2ccccc2)[C@H]1OB(C)P. The van der Waals surface area contributed by atoms with Gasteiger partial charge in [-0.15, -0.1) is 9.12 Å². The first-order valence-electron chi connectivity index (χ1n) is 22.7. The van der Waals surface area contributed by atoms with Crippen LogP contribution in [0, 0.1) is 0 Å². The highest BCUT2D eigenvalue weighted by Crippen LogP contribution is 2.36. The molecular formula is C52H64BO11P. The van der Waals surface area contributed by atoms with Crippen LogP contribution in [0.5, 0.6) is 0 Å². The molecule has 2 fully saturated rings. The van der Waals surface area contributed by atoms with Crippen LogP contribution in [0.25, 0.3) is 0 Å². The summed E-state index contributed by atoms with van der Waals surface area (Å²) in [6, 6.07) is 50.3. The van der Waals surface area contributed by atoms with Crippen molar-refractivity contribution in [3.63, 3.8) is 0 Å². The van der Waals surface area contributed by atoms with Crippen LogP contribution in [-0.2, 0) is 85.1 Å². The van der Waals surface area contributed by atoms with Crippen LogP contribution in [0.3, 0.4) is 0 Å². The second kappa shape index (κ2) is 26.5. The summed E-state index contributed by atoms with van der Waals surface area (Å²) >= 11 is 0. The van der Waals surface area contributed by atoms with Gasteiger partial charge in [0.2, 0.25) is 0 Å². The predicted octanol–water partition coefficient (Wildman–Crippen LogP) is 8.83. The predicted molar refractivity (Wildman–Crippen MR) is 253 cm³/mol. The molecule has 346 valence electrons. The fourth-order valence-electron chi connectivity index (χ4n) is 8.08. The van der Waals surface area contributed by atoms with Crippen molar-refractivity contribution in [1.82, 2.24) is 0 Å². The Bertz CT molecular complexity index is 2020. The van der Waals surface area contributed by atoms with Gasteiger partial charge in [-0.05, 0) is 34.2 Å². The Kier molecular flexibility index (Phi) is 20.0. The van der Waals surface area contributed by atoms with Crippen molar-refractivity contribution in [3.05, 3.63) is 179 Å². The molecule has 0 spiro atoms. The lowest BCUT2D eigenvalue weighted by molar-refractivity contribution is -0.377. The molecule has 11 nitrogen and oxygen atoms in total. The quantitative estimate of drug-likeness (QED) is 0.0415. The first-order chi connectivity index (χ1) is 32.0. The van der Waals surface area contributed by atoms with Crippen molar-refractivity contribution in [3.8, 4) is 0 Å². The summed E-state index contributed by atoms with van der Waals surface area (Å²) in [6.07, 6.45) is -6.68. The van der Waals surface area contributed by atoms with Crippen LogP contribution >= 0.6 is 9.12 Å². The van der Waals surface area contributed by atoms with E-state index in [1.54, 1.807) is 7.11 Å². The van der Waals surface area contributed by atoms with Crippen molar-refractivity contribution in [2.45, 2.75) is 115 Å². The van der Waals surface area contributed by atoms with Crippen LogP contribution in [-0.4, -0.2) is 95.0 Å². The Morgan fingerprint density at radius 2 is 0.846 bits per heavy atom. The zero-order valence-corrected chi connectivity index (χ0v) is 38.9. The fraction of sp³-hybridized carbons (Fsp3) is 0.423. The summed E-state index contributed by atoms with van der Waals surface area (Å²) in [5, 5.41) is 0. The van der Waals surface area contributed by atoms with Gasteiger partial charge in [-0.3, -0.25) is 0 Å². The number of methoxy groups -OCH3 is 1. The molecule has 0 aliphatic carbocycles. The van der Waals surface area contributed by atoms with Crippen molar-refractivity contribution < 1.29 is 52.0 Å². The average Bonchev–Trinajstić information content (AvgIpc) is 3.34. The van der Waals surface area contributed by atoms with Gasteiger partial charge in [0.25, 0.3) is 0 Å². The molecule has 5 unspecified atom stereocenters. The van der Waals surface area contributed by atoms with E-state index in [1.807, 2.05) is 158 Å². The molecule has 2 heterocycles. The van der Waals surface area contributed by atoms with Crippen LogP contribution in [0.4, 0.5) is 0 Å². The second-order valence-corrected chi connectivity index (χ2v) is 17.3. The van der Waals surface area contributed by atoms with Gasteiger partial charge < -0.3 is 52.0 Å². The third kappa shape index (κ3) is 14.8. The molecule has 2 aliphatic heterocycles. The van der Waals surface area contributed by atoms with Crippen LogP contribution < -0.4 is 0 Å². The van der Waals surface area contributed by atoms with Crippen LogP contribution in [0.15, 0.2) is 152 Å². The highest BCUT2D eigenvalue weighted by molar-refractivity contribution is 7.60. The lowest BCUT2D eigenvalue weighted by Gasteiger charge is -2.50. The molecule has 0 saturated carbocycles. The van der Waals surface area contributed by atoms with Gasteiger partial charge in [0.05, 0.1) is 52.4 Å². The number of rotatable bonds is 25. The molecule has 0 bridgehead atoms. The van der Waals surface area contributed by atoms with Gasteiger partial charge in [-0.2, -0.15) is 0 Å². The monoisotopic (exact) mass is 906 g/mol. The Hall–Kier alpha value is -3.85. The summed E-state index contributed by atoms with van der Waals surface area (Å²) in [5.41, 5.74) is 5.07. The zero-order chi connectivity index (χ0) is 45.1. The van der Waals surface area contributed by atoms with Crippen LogP contribution in [0.1, 0.15) is 41.2 Å². The second-order valence-electron chi connectivity index (χ2n) is 16.3. The van der Waals surface area contributed by atoms with Crippen molar-refractivity contribution >= 4 is 15.8 Å². The molecule has 0 N–H and O–H groups in total. The third-order valence-corrected chi connectivity index (χ3v) is 11.4. The van der Waals surface area contributed by atoms with Crippen molar-refractivity contribution in [1.29, 1.82) is 0 Å². The summed E-state index contributed by atoms with van der Waals surface area (Å²) in [4.78, 5) is 0. The average molecular weight is 907 g/mol. The Balaban J connectivity index is 1.23. The molecule has 13 heteroatoms. The summed E-state index contributed by atoms with van der Waals surface area (Å²) in [7, 11) is 4.33. The molecule has 11 atom stereocenters. The summed E-state index contributed by atoms with van der Waals surface area (Å²) < 4.78 is 74.1. The van der Waals surface area contributed by atoms with Crippen molar-refractivity contribution in [2.75, 3.05) is 26.9 Å². The van der Waals surface area contributed by atoms with Gasteiger partial charge in [0.15, 0.2) is 12.6 Å². The maximum absolute atomic E-state index is 7.23. The van der Waals surface area contributed by atoms with E-state index in [9.17, 15) is 0 Å². The molecule has 2 saturated heterocycles. The third-order valence-electron chi connectivity index (χ3n) is 11.2. The lowest BCUT2D eigenvalue weighted by Crippen LogP contribution is -2.66. The summed E-state index contributed by atoms with van der Waals surface area (Å²) in [5.74, 6) is 0. The minimum absolute atomic E-state index is 0.173. The Labute approximate surface area is 387 Å². The van der Waals surface area contributed by atoms with E-state index < -0.39 is 61.4 Å². The number of benzene rings is 5. The van der Waals surface area contributed by atoms with E-state index in [0.29, 0.717) is 26.4 Å². The molecule has 0 radical (unpaired) electrons. The van der Waals surface area contributed by atoms with E-state index in [-0.39, 0.29) is 33.1 Å². The normalized spacial score (nSPS) is 25.6. The van der Waals surface area contributed by atoms with Gasteiger partial charge in [0.1, 0.15) is 42.7 Å². The van der Waals surface area contributed by atoms with E-state index in [0.717, 1.165) is 34.2 Å². The lowest BCUT2D eigenvalue weighted by atomic mass is 9.94. The van der Waals surface area contributed by atoms with Crippen LogP contribution in [0.2, 0.25) is 6.82 Å². The zero-order valence-electron chi connectivity index (χ0n) is 37.7. The standard InChI is InChI=1S/C52H64BO11P/c1-4-30-57-48-46(64-53(2)65)44(37-56-32-39-22-12-6-13-23-39)61-51(54-3)50(48)63-52-49(60-35-42-28-18-9-19-29-42)47(59-34-41-26-16-8-17-27-41)45(58-33-40-24-14-7-15-25-40)43(62-52)36-55-31-38-20-10-5-11-21-38/h5-29,43-52H,4,30-37,65H2,1-3H3/t43?,44?,45-,46-,47-,48+,49?,50?,51-,52-/m1/s1. The first kappa shape index (κ1) is 49.1. The fourth-order valence-corrected chi connectivity index (χ4v) is 8.26. The van der Waals surface area contributed by atoms with Gasteiger partial charge in [-0.25, -0.2) is 0 Å². The molecule has 2 aliphatic rings. The van der Waals surface area contributed by atoms with Gasteiger partial charge >= 0.3 is 6.64 Å². The molecule has 0 aromatic heterocycles. The van der Waals surface area contributed by atoms with E-state index in [2.05, 4.69) is 16.0 Å². The minimum Gasteiger partial charge on any atom is -0.424 e. The first-order valence-corrected chi connectivity index (χ1v) is 23.4. The molecule has 7 rings (SSSR count). The maximum Gasteiger partial charge on any atom is 0.312 e. The van der Waals surface area contributed by atoms with E-state index in [1.165, 1.54) is 0 Å². The maximum atomic E-state index is 7.23. The Morgan fingerprint density at radius 1 is 0.462 bits per heavy atom. The van der Waals surface area contributed by atoms with E-state index in [4.69, 9.17) is 52.0 Å². The minimum atomic E-state index is -1.04. The van der Waals surface area contributed by atoms with Gasteiger partial charge in [-0.1, -0.05) is 165 Å². The van der Waals surface area contributed by atoms with E-state index >= 15 is 0 Å². The highest BCUT2D eigenvalue weighted by atomic mass is 31.0.